The van der Waals surface area contributed by atoms with Crippen LogP contribution in [0, 0.1) is 6.92 Å². The number of rotatable bonds is 7. The number of sulfonamides is 1. The van der Waals surface area contributed by atoms with Crippen LogP contribution in [0.25, 0.3) is 0 Å². The summed E-state index contributed by atoms with van der Waals surface area (Å²) in [6.07, 6.45) is 2.74. The normalized spacial score (nSPS) is 17.2. The Morgan fingerprint density at radius 1 is 1.13 bits per heavy atom. The zero-order valence-corrected chi connectivity index (χ0v) is 18.6. The second-order valence-electron chi connectivity index (χ2n) is 8.05. The number of anilines is 1. The highest BCUT2D eigenvalue weighted by Crippen LogP contribution is 2.34. The fourth-order valence-corrected chi connectivity index (χ4v) is 5.27. The van der Waals surface area contributed by atoms with Crippen LogP contribution in [0.2, 0.25) is 0 Å². The zero-order valence-electron chi connectivity index (χ0n) is 17.8. The van der Waals surface area contributed by atoms with Crippen LogP contribution in [0.3, 0.4) is 0 Å². The number of nitrogens with one attached hydrogen (secondary N) is 1. The highest BCUT2D eigenvalue weighted by atomic mass is 32.2. The van der Waals surface area contributed by atoms with E-state index in [0.717, 1.165) is 24.7 Å². The summed E-state index contributed by atoms with van der Waals surface area (Å²) in [6.45, 7) is 5.23. The molecule has 1 atom stereocenters. The SMILES string of the molecule is Cc1cccc(N(C(C)C(=O)NCC2(c3ccccc3)CCOCC2)S(C)(=O)=O)c1. The second-order valence-corrected chi connectivity index (χ2v) is 9.91. The van der Waals surface area contributed by atoms with Gasteiger partial charge in [-0.1, -0.05) is 42.5 Å². The van der Waals surface area contributed by atoms with Crippen LogP contribution >= 0.6 is 0 Å². The molecule has 6 nitrogen and oxygen atoms in total. The number of benzene rings is 2. The third-order valence-electron chi connectivity index (χ3n) is 5.78. The Labute approximate surface area is 179 Å². The molecule has 0 saturated carbocycles. The van der Waals surface area contributed by atoms with Crippen molar-refractivity contribution in [2.75, 3.05) is 30.3 Å². The number of nitrogens with zero attached hydrogens (tertiary/aromatic N) is 1. The minimum atomic E-state index is -3.64. The van der Waals surface area contributed by atoms with E-state index in [-0.39, 0.29) is 11.3 Å². The van der Waals surface area contributed by atoms with Crippen LogP contribution < -0.4 is 9.62 Å². The quantitative estimate of drug-likeness (QED) is 0.733. The van der Waals surface area contributed by atoms with Crippen molar-refractivity contribution < 1.29 is 17.9 Å². The molecule has 1 heterocycles. The molecule has 1 amide bonds. The standard InChI is InChI=1S/C23H30N2O4S/c1-18-8-7-11-21(16-18)25(30(3,27)28)19(2)22(26)24-17-23(12-14-29-15-13-23)20-9-5-4-6-10-20/h4-11,16,19H,12-15,17H2,1-3H3,(H,24,26). The van der Waals surface area contributed by atoms with E-state index in [1.165, 1.54) is 9.87 Å². The van der Waals surface area contributed by atoms with Gasteiger partial charge in [0.15, 0.2) is 0 Å². The van der Waals surface area contributed by atoms with Crippen LogP contribution in [-0.4, -0.2) is 46.4 Å². The average molecular weight is 431 g/mol. The van der Waals surface area contributed by atoms with Crippen molar-refractivity contribution in [1.29, 1.82) is 0 Å². The summed E-state index contributed by atoms with van der Waals surface area (Å²) in [5.41, 5.74) is 2.37. The molecule has 0 bridgehead atoms. The Balaban J connectivity index is 1.81. The molecular weight excluding hydrogens is 400 g/mol. The van der Waals surface area contributed by atoms with Crippen molar-refractivity contribution in [3.63, 3.8) is 0 Å². The van der Waals surface area contributed by atoms with Crippen LogP contribution in [-0.2, 0) is 25.0 Å². The molecular formula is C23H30N2O4S. The number of hydrogen-bond donors (Lipinski definition) is 1. The Morgan fingerprint density at radius 2 is 1.80 bits per heavy atom. The molecule has 0 aromatic heterocycles. The van der Waals surface area contributed by atoms with Gasteiger partial charge in [0.25, 0.3) is 0 Å². The first-order chi connectivity index (χ1) is 14.2. The van der Waals surface area contributed by atoms with Gasteiger partial charge in [-0.25, -0.2) is 8.42 Å². The highest BCUT2D eigenvalue weighted by molar-refractivity contribution is 7.92. The van der Waals surface area contributed by atoms with Crippen molar-refractivity contribution in [1.82, 2.24) is 5.32 Å². The van der Waals surface area contributed by atoms with E-state index in [2.05, 4.69) is 17.4 Å². The van der Waals surface area contributed by atoms with E-state index < -0.39 is 16.1 Å². The lowest BCUT2D eigenvalue weighted by Gasteiger charge is -2.38. The molecule has 3 rings (SSSR count). The van der Waals surface area contributed by atoms with E-state index in [0.29, 0.717) is 25.4 Å². The number of hydrogen-bond acceptors (Lipinski definition) is 4. The Hall–Kier alpha value is -2.38. The summed E-state index contributed by atoms with van der Waals surface area (Å²) in [6, 6.07) is 16.4. The van der Waals surface area contributed by atoms with E-state index in [1.807, 2.05) is 31.2 Å². The van der Waals surface area contributed by atoms with Crippen LogP contribution in [0.1, 0.15) is 30.9 Å². The van der Waals surface area contributed by atoms with Gasteiger partial charge in [-0.3, -0.25) is 9.10 Å². The van der Waals surface area contributed by atoms with Gasteiger partial charge in [-0.05, 0) is 49.9 Å². The maximum atomic E-state index is 13.1. The predicted molar refractivity (Wildman–Crippen MR) is 119 cm³/mol. The predicted octanol–water partition coefficient (Wildman–Crippen LogP) is 3.01. The lowest BCUT2D eigenvalue weighted by Crippen LogP contribution is -2.51. The van der Waals surface area contributed by atoms with Gasteiger partial charge in [0, 0.05) is 25.2 Å². The summed E-state index contributed by atoms with van der Waals surface area (Å²) in [4.78, 5) is 13.1. The summed E-state index contributed by atoms with van der Waals surface area (Å²) in [5.74, 6) is -0.316. The monoisotopic (exact) mass is 430 g/mol. The summed E-state index contributed by atoms with van der Waals surface area (Å²) in [7, 11) is -3.64. The van der Waals surface area contributed by atoms with Crippen molar-refractivity contribution in [2.45, 2.75) is 38.1 Å². The second kappa shape index (κ2) is 9.18. The lowest BCUT2D eigenvalue weighted by molar-refractivity contribution is -0.122. The number of amides is 1. The first-order valence-electron chi connectivity index (χ1n) is 10.2. The molecule has 0 aliphatic carbocycles. The number of carbonyl (C=O) groups is 1. The summed E-state index contributed by atoms with van der Waals surface area (Å²) < 4.78 is 31.8. The van der Waals surface area contributed by atoms with E-state index in [9.17, 15) is 13.2 Å². The van der Waals surface area contributed by atoms with Gasteiger partial charge < -0.3 is 10.1 Å². The van der Waals surface area contributed by atoms with Gasteiger partial charge in [0.05, 0.1) is 11.9 Å². The number of ether oxygens (including phenoxy) is 1. The largest absolute Gasteiger partial charge is 0.381 e. The Bertz CT molecular complexity index is 970. The third kappa shape index (κ3) is 5.02. The van der Waals surface area contributed by atoms with E-state index in [1.54, 1.807) is 25.1 Å². The maximum absolute atomic E-state index is 13.1. The molecule has 1 N–H and O–H groups in total. The van der Waals surface area contributed by atoms with Crippen molar-refractivity contribution in [2.24, 2.45) is 0 Å². The highest BCUT2D eigenvalue weighted by Gasteiger charge is 2.36. The van der Waals surface area contributed by atoms with Crippen molar-refractivity contribution >= 4 is 21.6 Å². The lowest BCUT2D eigenvalue weighted by atomic mass is 9.74. The summed E-state index contributed by atoms with van der Waals surface area (Å²) >= 11 is 0. The molecule has 0 spiro atoms. The minimum absolute atomic E-state index is 0.214. The first kappa shape index (κ1) is 22.3. The molecule has 2 aromatic rings. The molecule has 7 heteroatoms. The van der Waals surface area contributed by atoms with Gasteiger partial charge in [-0.15, -0.1) is 0 Å². The Morgan fingerprint density at radius 3 is 2.40 bits per heavy atom. The molecule has 1 unspecified atom stereocenters. The molecule has 2 aromatic carbocycles. The van der Waals surface area contributed by atoms with Crippen molar-refractivity contribution in [3.8, 4) is 0 Å². The molecule has 162 valence electrons. The molecule has 0 radical (unpaired) electrons. The van der Waals surface area contributed by atoms with Gasteiger partial charge in [0.2, 0.25) is 15.9 Å². The van der Waals surface area contributed by atoms with Gasteiger partial charge in [0.1, 0.15) is 6.04 Å². The zero-order chi connectivity index (χ0) is 21.8. The fourth-order valence-electron chi connectivity index (χ4n) is 4.10. The number of aryl methyl sites for hydroxylation is 1. The first-order valence-corrected chi connectivity index (χ1v) is 12.0. The topological polar surface area (TPSA) is 75.7 Å². The fraction of sp³-hybridized carbons (Fsp3) is 0.435. The molecule has 1 aliphatic rings. The van der Waals surface area contributed by atoms with Crippen LogP contribution in [0.5, 0.6) is 0 Å². The molecule has 1 fully saturated rings. The van der Waals surface area contributed by atoms with Crippen LogP contribution in [0.15, 0.2) is 54.6 Å². The van der Waals surface area contributed by atoms with Crippen LogP contribution in [0.4, 0.5) is 5.69 Å². The summed E-state index contributed by atoms with van der Waals surface area (Å²) in [5, 5.41) is 3.03. The average Bonchev–Trinajstić information content (AvgIpc) is 2.72. The van der Waals surface area contributed by atoms with Crippen molar-refractivity contribution in [3.05, 3.63) is 65.7 Å². The third-order valence-corrected chi connectivity index (χ3v) is 7.02. The molecule has 30 heavy (non-hydrogen) atoms. The smallest absolute Gasteiger partial charge is 0.243 e. The van der Waals surface area contributed by atoms with E-state index >= 15 is 0 Å². The number of carbonyl (C=O) groups excluding carboxylic acids is 1. The van der Waals surface area contributed by atoms with Gasteiger partial charge in [-0.2, -0.15) is 0 Å². The maximum Gasteiger partial charge on any atom is 0.243 e. The minimum Gasteiger partial charge on any atom is -0.381 e. The van der Waals surface area contributed by atoms with Gasteiger partial charge >= 0.3 is 0 Å². The molecule has 1 saturated heterocycles. The molecule has 1 aliphatic heterocycles. The van der Waals surface area contributed by atoms with E-state index in [4.69, 9.17) is 4.74 Å². The Kier molecular flexibility index (Phi) is 6.83.